The van der Waals surface area contributed by atoms with Gasteiger partial charge < -0.3 is 0 Å². The van der Waals surface area contributed by atoms with E-state index in [-0.39, 0.29) is 17.9 Å². The lowest BCUT2D eigenvalue weighted by Gasteiger charge is -2.08. The zero-order chi connectivity index (χ0) is 12.3. The zero-order valence-corrected chi connectivity index (χ0v) is 11.5. The van der Waals surface area contributed by atoms with Crippen molar-refractivity contribution in [3.63, 3.8) is 0 Å². The van der Waals surface area contributed by atoms with Gasteiger partial charge in [0.1, 0.15) is 4.47 Å². The van der Waals surface area contributed by atoms with Crippen LogP contribution in [0.1, 0.15) is 13.8 Å². The molecule has 0 aromatic carbocycles. The van der Waals surface area contributed by atoms with Gasteiger partial charge in [-0.2, -0.15) is 0 Å². The topological polar surface area (TPSA) is 69.0 Å². The molecule has 0 atom stereocenters. The van der Waals surface area contributed by atoms with Crippen LogP contribution in [0.3, 0.4) is 0 Å². The third-order valence-corrected chi connectivity index (χ3v) is 4.93. The summed E-state index contributed by atoms with van der Waals surface area (Å²) in [5.41, 5.74) is -0.269. The highest BCUT2D eigenvalue weighted by molar-refractivity contribution is 9.10. The smallest absolute Gasteiger partial charge is 0.267 e. The first-order valence-electron chi connectivity index (χ1n) is 4.76. The van der Waals surface area contributed by atoms with Gasteiger partial charge in [0.15, 0.2) is 9.84 Å². The standard InChI is InChI=1S/C9H13BrN2O3S/c1-7(2)16(14,15)4-3-12-6-11-5-8(10)9(12)13/h5-7H,3-4H2,1-2H3. The van der Waals surface area contributed by atoms with E-state index in [0.717, 1.165) is 0 Å². The van der Waals surface area contributed by atoms with Gasteiger partial charge in [0.2, 0.25) is 0 Å². The van der Waals surface area contributed by atoms with Gasteiger partial charge in [-0.15, -0.1) is 0 Å². The van der Waals surface area contributed by atoms with Crippen LogP contribution in [0.4, 0.5) is 0 Å². The molecule has 1 heterocycles. The maximum Gasteiger partial charge on any atom is 0.267 e. The molecule has 90 valence electrons. The summed E-state index contributed by atoms with van der Waals surface area (Å²) in [6.45, 7) is 3.38. The van der Waals surface area contributed by atoms with Gasteiger partial charge in [0, 0.05) is 12.7 Å². The fourth-order valence-electron chi connectivity index (χ4n) is 1.04. The molecule has 0 saturated heterocycles. The van der Waals surface area contributed by atoms with Crippen LogP contribution < -0.4 is 5.56 Å². The van der Waals surface area contributed by atoms with Crippen molar-refractivity contribution in [2.45, 2.75) is 25.6 Å². The quantitative estimate of drug-likeness (QED) is 0.826. The number of aryl methyl sites for hydroxylation is 1. The lowest BCUT2D eigenvalue weighted by molar-refractivity contribution is 0.577. The predicted octanol–water partition coefficient (Wildman–Crippen LogP) is 0.829. The number of rotatable bonds is 4. The SMILES string of the molecule is CC(C)S(=O)(=O)CCn1cncc(Br)c1=O. The number of sulfone groups is 1. The molecule has 1 aromatic heterocycles. The lowest BCUT2D eigenvalue weighted by atomic mass is 10.6. The molecule has 0 aliphatic heterocycles. The summed E-state index contributed by atoms with van der Waals surface area (Å²) < 4.78 is 24.7. The van der Waals surface area contributed by atoms with E-state index in [2.05, 4.69) is 20.9 Å². The van der Waals surface area contributed by atoms with Crippen LogP contribution in [0.2, 0.25) is 0 Å². The fourth-order valence-corrected chi connectivity index (χ4v) is 2.31. The molecule has 16 heavy (non-hydrogen) atoms. The van der Waals surface area contributed by atoms with Crippen molar-refractivity contribution in [3.8, 4) is 0 Å². The Labute approximate surface area is 103 Å². The van der Waals surface area contributed by atoms with Crippen molar-refractivity contribution in [2.24, 2.45) is 0 Å². The van der Waals surface area contributed by atoms with E-state index in [1.165, 1.54) is 17.1 Å². The van der Waals surface area contributed by atoms with Crippen LogP contribution in [0.5, 0.6) is 0 Å². The van der Waals surface area contributed by atoms with Crippen molar-refractivity contribution in [3.05, 3.63) is 27.4 Å². The molecule has 0 fully saturated rings. The molecule has 0 bridgehead atoms. The zero-order valence-electron chi connectivity index (χ0n) is 9.05. The molecule has 0 amide bonds. The van der Waals surface area contributed by atoms with Crippen molar-refractivity contribution >= 4 is 25.8 Å². The van der Waals surface area contributed by atoms with Gasteiger partial charge in [-0.1, -0.05) is 0 Å². The largest absolute Gasteiger partial charge is 0.297 e. The van der Waals surface area contributed by atoms with Gasteiger partial charge in [0.25, 0.3) is 5.56 Å². The number of hydrogen-bond donors (Lipinski definition) is 0. The van der Waals surface area contributed by atoms with E-state index < -0.39 is 15.1 Å². The fraction of sp³-hybridized carbons (Fsp3) is 0.556. The minimum atomic E-state index is -3.13. The first-order valence-corrected chi connectivity index (χ1v) is 7.27. The van der Waals surface area contributed by atoms with Crippen LogP contribution in [0.15, 0.2) is 21.8 Å². The van der Waals surface area contributed by atoms with Crippen LogP contribution in [0.25, 0.3) is 0 Å². The summed E-state index contributed by atoms with van der Waals surface area (Å²) in [6, 6.07) is 0. The molecular formula is C9H13BrN2O3S. The Morgan fingerprint density at radius 3 is 2.69 bits per heavy atom. The van der Waals surface area contributed by atoms with E-state index in [1.807, 2.05) is 0 Å². The number of nitrogens with zero attached hydrogens (tertiary/aromatic N) is 2. The summed E-state index contributed by atoms with van der Waals surface area (Å²) in [6.07, 6.45) is 2.72. The molecule has 1 aromatic rings. The second kappa shape index (κ2) is 5.09. The van der Waals surface area contributed by atoms with Crippen molar-refractivity contribution in [2.75, 3.05) is 5.75 Å². The van der Waals surface area contributed by atoms with Crippen LogP contribution >= 0.6 is 15.9 Å². The Balaban J connectivity index is 2.85. The summed E-state index contributed by atoms with van der Waals surface area (Å²) in [5.74, 6) is -0.0529. The molecule has 0 radical (unpaired) electrons. The van der Waals surface area contributed by atoms with Gasteiger partial charge >= 0.3 is 0 Å². The highest BCUT2D eigenvalue weighted by Gasteiger charge is 2.16. The van der Waals surface area contributed by atoms with Crippen molar-refractivity contribution in [1.82, 2.24) is 9.55 Å². The monoisotopic (exact) mass is 308 g/mol. The second-order valence-electron chi connectivity index (χ2n) is 3.66. The molecule has 7 heteroatoms. The average molecular weight is 309 g/mol. The number of halogens is 1. The highest BCUT2D eigenvalue weighted by Crippen LogP contribution is 2.02. The Morgan fingerprint density at radius 1 is 1.50 bits per heavy atom. The van der Waals surface area contributed by atoms with Gasteiger partial charge in [0.05, 0.1) is 17.3 Å². The van der Waals surface area contributed by atoms with Crippen LogP contribution in [-0.2, 0) is 16.4 Å². The Hall–Kier alpha value is -0.690. The molecule has 0 saturated carbocycles. The molecule has 0 unspecified atom stereocenters. The molecule has 5 nitrogen and oxygen atoms in total. The van der Waals surface area contributed by atoms with Crippen molar-refractivity contribution in [1.29, 1.82) is 0 Å². The Morgan fingerprint density at radius 2 is 2.12 bits per heavy atom. The predicted molar refractivity (Wildman–Crippen MR) is 65.1 cm³/mol. The maximum atomic E-state index is 11.6. The molecule has 0 aliphatic carbocycles. The third kappa shape index (κ3) is 3.15. The Kier molecular flexibility index (Phi) is 4.26. The van der Waals surface area contributed by atoms with E-state index in [0.29, 0.717) is 4.47 Å². The lowest BCUT2D eigenvalue weighted by Crippen LogP contribution is -2.27. The first-order chi connectivity index (χ1) is 7.34. The molecule has 0 N–H and O–H groups in total. The van der Waals surface area contributed by atoms with Gasteiger partial charge in [-0.3, -0.25) is 9.36 Å². The Bertz CT molecular complexity index is 522. The van der Waals surface area contributed by atoms with Crippen molar-refractivity contribution < 1.29 is 8.42 Å². The molecular weight excluding hydrogens is 296 g/mol. The molecule has 0 aliphatic rings. The highest BCUT2D eigenvalue weighted by atomic mass is 79.9. The number of aromatic nitrogens is 2. The summed E-state index contributed by atoms with van der Waals surface area (Å²) in [4.78, 5) is 15.3. The molecule has 1 rings (SSSR count). The van der Waals surface area contributed by atoms with E-state index in [4.69, 9.17) is 0 Å². The first kappa shape index (κ1) is 13.4. The van der Waals surface area contributed by atoms with E-state index >= 15 is 0 Å². The molecule has 0 spiro atoms. The second-order valence-corrected chi connectivity index (χ2v) is 7.19. The van der Waals surface area contributed by atoms with Gasteiger partial charge in [-0.05, 0) is 29.8 Å². The van der Waals surface area contributed by atoms with Crippen LogP contribution in [-0.4, -0.2) is 29.0 Å². The summed E-state index contributed by atoms with van der Waals surface area (Å²) in [7, 11) is -3.13. The van der Waals surface area contributed by atoms with Gasteiger partial charge in [-0.25, -0.2) is 13.4 Å². The minimum absolute atomic E-state index is 0.0529. The van der Waals surface area contributed by atoms with E-state index in [9.17, 15) is 13.2 Å². The summed E-state index contributed by atoms with van der Waals surface area (Å²) >= 11 is 3.05. The van der Waals surface area contributed by atoms with E-state index in [1.54, 1.807) is 13.8 Å². The minimum Gasteiger partial charge on any atom is -0.297 e. The third-order valence-electron chi connectivity index (χ3n) is 2.19. The van der Waals surface area contributed by atoms with Crippen LogP contribution in [0, 0.1) is 0 Å². The number of hydrogen-bond acceptors (Lipinski definition) is 4. The normalized spacial score (nSPS) is 12.0. The summed E-state index contributed by atoms with van der Waals surface area (Å²) in [5, 5.41) is -0.427. The maximum absolute atomic E-state index is 11.6. The average Bonchev–Trinajstić information content (AvgIpc) is 2.20.